The standard InChI is InChI=1S/C23H20N2O2/c1-15-21(11-10-20-12-18(14-26)13-24-22(15)20)25-23(27)19-8-6-17(7-9-19)5-4-16-2-3-16/h4-14,16H,2-3H2,1H3,(H,25,27). The highest BCUT2D eigenvalue weighted by Gasteiger charge is 2.17. The highest BCUT2D eigenvalue weighted by Crippen LogP contribution is 2.31. The summed E-state index contributed by atoms with van der Waals surface area (Å²) in [5, 5.41) is 3.84. The lowest BCUT2D eigenvalue weighted by atomic mass is 10.1. The van der Waals surface area contributed by atoms with Gasteiger partial charge in [-0.25, -0.2) is 0 Å². The summed E-state index contributed by atoms with van der Waals surface area (Å²) in [5.74, 6) is 0.583. The molecule has 1 heterocycles. The Balaban J connectivity index is 1.53. The van der Waals surface area contributed by atoms with Crippen molar-refractivity contribution in [2.75, 3.05) is 5.32 Å². The molecule has 4 heteroatoms. The van der Waals surface area contributed by atoms with Gasteiger partial charge in [-0.05, 0) is 61.1 Å². The Bertz CT molecular complexity index is 1050. The Hall–Kier alpha value is -3.27. The van der Waals surface area contributed by atoms with Crippen LogP contribution in [0.3, 0.4) is 0 Å². The van der Waals surface area contributed by atoms with Crippen LogP contribution in [0.4, 0.5) is 5.69 Å². The largest absolute Gasteiger partial charge is 0.322 e. The SMILES string of the molecule is Cc1c(NC(=O)c2ccc(C=CC3CC3)cc2)ccc2cc(C=O)cnc12. The number of hydrogen-bond acceptors (Lipinski definition) is 3. The van der Waals surface area contributed by atoms with Crippen LogP contribution >= 0.6 is 0 Å². The number of nitrogens with zero attached hydrogens (tertiary/aromatic N) is 1. The smallest absolute Gasteiger partial charge is 0.255 e. The van der Waals surface area contributed by atoms with Gasteiger partial charge < -0.3 is 5.32 Å². The fourth-order valence-corrected chi connectivity index (χ4v) is 3.04. The van der Waals surface area contributed by atoms with E-state index in [4.69, 9.17) is 0 Å². The highest BCUT2D eigenvalue weighted by atomic mass is 16.1. The van der Waals surface area contributed by atoms with E-state index in [1.807, 2.05) is 43.3 Å². The first-order valence-corrected chi connectivity index (χ1v) is 9.08. The van der Waals surface area contributed by atoms with Gasteiger partial charge in [0.05, 0.1) is 5.52 Å². The molecule has 4 nitrogen and oxygen atoms in total. The second-order valence-electron chi connectivity index (χ2n) is 6.97. The Kier molecular flexibility index (Phi) is 4.55. The predicted molar refractivity (Wildman–Crippen MR) is 108 cm³/mol. The summed E-state index contributed by atoms with van der Waals surface area (Å²) in [6.07, 6.45) is 9.24. The van der Waals surface area contributed by atoms with Crippen molar-refractivity contribution < 1.29 is 9.59 Å². The maximum atomic E-state index is 12.6. The van der Waals surface area contributed by atoms with Crippen molar-refractivity contribution in [1.29, 1.82) is 0 Å². The Morgan fingerprint density at radius 2 is 1.89 bits per heavy atom. The van der Waals surface area contributed by atoms with Gasteiger partial charge in [-0.2, -0.15) is 0 Å². The summed E-state index contributed by atoms with van der Waals surface area (Å²) in [7, 11) is 0. The van der Waals surface area contributed by atoms with E-state index in [9.17, 15) is 9.59 Å². The maximum absolute atomic E-state index is 12.6. The van der Waals surface area contributed by atoms with Gasteiger partial charge >= 0.3 is 0 Å². The van der Waals surface area contributed by atoms with E-state index < -0.39 is 0 Å². The average molecular weight is 356 g/mol. The number of benzene rings is 2. The number of carbonyl (C=O) groups excluding carboxylic acids is 2. The Labute approximate surface area is 157 Å². The number of amides is 1. The van der Waals surface area contributed by atoms with E-state index >= 15 is 0 Å². The second kappa shape index (κ2) is 7.16. The van der Waals surface area contributed by atoms with Gasteiger partial charge in [0.15, 0.2) is 6.29 Å². The summed E-state index contributed by atoms with van der Waals surface area (Å²) in [6, 6.07) is 13.1. The number of pyridine rings is 1. The van der Waals surface area contributed by atoms with E-state index in [-0.39, 0.29) is 5.91 Å². The molecule has 27 heavy (non-hydrogen) atoms. The highest BCUT2D eigenvalue weighted by molar-refractivity contribution is 6.06. The van der Waals surface area contributed by atoms with Crippen LogP contribution in [0.25, 0.3) is 17.0 Å². The molecule has 4 rings (SSSR count). The quantitative estimate of drug-likeness (QED) is 0.652. The van der Waals surface area contributed by atoms with Gasteiger partial charge in [-0.15, -0.1) is 0 Å². The second-order valence-corrected chi connectivity index (χ2v) is 6.97. The van der Waals surface area contributed by atoms with Gasteiger partial charge in [0.1, 0.15) is 0 Å². The van der Waals surface area contributed by atoms with Crippen LogP contribution in [0.15, 0.2) is 54.7 Å². The van der Waals surface area contributed by atoms with Crippen LogP contribution < -0.4 is 5.32 Å². The summed E-state index contributed by atoms with van der Waals surface area (Å²) < 4.78 is 0. The van der Waals surface area contributed by atoms with Crippen molar-refractivity contribution in [2.24, 2.45) is 5.92 Å². The van der Waals surface area contributed by atoms with Crippen LogP contribution in [0.2, 0.25) is 0 Å². The number of anilines is 1. The lowest BCUT2D eigenvalue weighted by molar-refractivity contribution is 0.102. The first kappa shape index (κ1) is 17.2. The molecular weight excluding hydrogens is 336 g/mol. The van der Waals surface area contributed by atoms with E-state index in [0.29, 0.717) is 11.1 Å². The molecule has 1 saturated carbocycles. The van der Waals surface area contributed by atoms with Crippen LogP contribution in [-0.4, -0.2) is 17.2 Å². The predicted octanol–water partition coefficient (Wildman–Crippen LogP) is 5.03. The zero-order valence-corrected chi connectivity index (χ0v) is 15.1. The van der Waals surface area contributed by atoms with Gasteiger partial charge in [-0.3, -0.25) is 14.6 Å². The molecule has 1 aliphatic rings. The summed E-state index contributed by atoms with van der Waals surface area (Å²) in [6.45, 7) is 1.91. The average Bonchev–Trinajstić information content (AvgIpc) is 3.53. The van der Waals surface area contributed by atoms with Crippen molar-refractivity contribution >= 4 is 34.9 Å². The zero-order chi connectivity index (χ0) is 18.8. The molecular formula is C23H20N2O2. The monoisotopic (exact) mass is 356 g/mol. The molecule has 1 amide bonds. The van der Waals surface area contributed by atoms with Crippen molar-refractivity contribution in [3.63, 3.8) is 0 Å². The third kappa shape index (κ3) is 3.80. The number of rotatable bonds is 5. The lowest BCUT2D eigenvalue weighted by Crippen LogP contribution is -2.12. The number of hydrogen-bond donors (Lipinski definition) is 1. The number of aryl methyl sites for hydroxylation is 1. The third-order valence-electron chi connectivity index (χ3n) is 4.87. The Morgan fingerprint density at radius 1 is 1.11 bits per heavy atom. The van der Waals surface area contributed by atoms with Crippen molar-refractivity contribution in [3.05, 3.63) is 77.0 Å². The van der Waals surface area contributed by atoms with Crippen LogP contribution in [-0.2, 0) is 0 Å². The van der Waals surface area contributed by atoms with E-state index in [1.165, 1.54) is 12.8 Å². The molecule has 134 valence electrons. The molecule has 2 aromatic carbocycles. The minimum Gasteiger partial charge on any atom is -0.322 e. The molecule has 1 N–H and O–H groups in total. The third-order valence-corrected chi connectivity index (χ3v) is 4.87. The van der Waals surface area contributed by atoms with Gasteiger partial charge in [-0.1, -0.05) is 30.4 Å². The molecule has 0 aliphatic heterocycles. The number of fused-ring (bicyclic) bond motifs is 1. The molecule has 1 aromatic heterocycles. The van der Waals surface area contributed by atoms with E-state index in [1.54, 1.807) is 12.3 Å². The number of allylic oxidation sites excluding steroid dienone is 1. The summed E-state index contributed by atoms with van der Waals surface area (Å²) in [4.78, 5) is 27.9. The van der Waals surface area contributed by atoms with Crippen molar-refractivity contribution in [3.8, 4) is 0 Å². The van der Waals surface area contributed by atoms with Crippen LogP contribution in [0.1, 0.15) is 44.7 Å². The number of aromatic nitrogens is 1. The minimum atomic E-state index is -0.153. The van der Waals surface area contributed by atoms with Gasteiger partial charge in [0, 0.05) is 28.4 Å². The fourth-order valence-electron chi connectivity index (χ4n) is 3.04. The van der Waals surface area contributed by atoms with Crippen molar-refractivity contribution in [2.45, 2.75) is 19.8 Å². The van der Waals surface area contributed by atoms with Crippen LogP contribution in [0, 0.1) is 12.8 Å². The first-order chi connectivity index (χ1) is 13.1. The molecule has 0 saturated heterocycles. The van der Waals surface area contributed by atoms with E-state index in [0.717, 1.165) is 39.9 Å². The normalized spacial score (nSPS) is 13.8. The molecule has 0 atom stereocenters. The van der Waals surface area contributed by atoms with E-state index in [2.05, 4.69) is 22.5 Å². The van der Waals surface area contributed by atoms with Crippen molar-refractivity contribution in [1.82, 2.24) is 4.98 Å². The molecule has 0 unspecified atom stereocenters. The molecule has 0 spiro atoms. The maximum Gasteiger partial charge on any atom is 0.255 e. The topological polar surface area (TPSA) is 59.1 Å². The number of aldehydes is 1. The number of carbonyl (C=O) groups is 2. The van der Waals surface area contributed by atoms with Crippen LogP contribution in [0.5, 0.6) is 0 Å². The summed E-state index contributed by atoms with van der Waals surface area (Å²) in [5.41, 5.74) is 4.63. The minimum absolute atomic E-state index is 0.153. The van der Waals surface area contributed by atoms with Gasteiger partial charge in [0.25, 0.3) is 5.91 Å². The Morgan fingerprint density at radius 3 is 2.59 bits per heavy atom. The molecule has 3 aromatic rings. The molecule has 1 aliphatic carbocycles. The fraction of sp³-hybridized carbons (Fsp3) is 0.174. The first-order valence-electron chi connectivity index (χ1n) is 9.08. The number of nitrogens with one attached hydrogen (secondary N) is 1. The summed E-state index contributed by atoms with van der Waals surface area (Å²) >= 11 is 0. The molecule has 0 radical (unpaired) electrons. The van der Waals surface area contributed by atoms with Gasteiger partial charge in [0.2, 0.25) is 0 Å². The molecule has 1 fully saturated rings. The lowest BCUT2D eigenvalue weighted by Gasteiger charge is -2.11. The molecule has 0 bridgehead atoms. The zero-order valence-electron chi connectivity index (χ0n) is 15.1.